The number of nitrogens with zero attached hydrogens (tertiary/aromatic N) is 2. The standard InChI is InChI=1S/C14H16N2O/c1-10-9-15-16(12-5-6-12)14(10)11-3-7-13(17-2)8-4-11/h3-4,7-9,12H,5-6H2,1-2H3. The zero-order chi connectivity index (χ0) is 11.8. The molecule has 0 amide bonds. The van der Waals surface area contributed by atoms with Crippen LogP contribution in [-0.2, 0) is 0 Å². The first-order valence-corrected chi connectivity index (χ1v) is 5.98. The molecule has 3 rings (SSSR count). The number of benzene rings is 1. The molecule has 0 bridgehead atoms. The van der Waals surface area contributed by atoms with Gasteiger partial charge in [0.2, 0.25) is 0 Å². The lowest BCUT2D eigenvalue weighted by Gasteiger charge is -2.08. The van der Waals surface area contributed by atoms with E-state index >= 15 is 0 Å². The highest BCUT2D eigenvalue weighted by Crippen LogP contribution is 2.39. The molecule has 0 spiro atoms. The van der Waals surface area contributed by atoms with Gasteiger partial charge in [0.05, 0.1) is 25.0 Å². The van der Waals surface area contributed by atoms with E-state index in [1.807, 2.05) is 18.3 Å². The van der Waals surface area contributed by atoms with Crippen molar-refractivity contribution in [2.45, 2.75) is 25.8 Å². The van der Waals surface area contributed by atoms with Crippen LogP contribution in [-0.4, -0.2) is 16.9 Å². The fraction of sp³-hybridized carbons (Fsp3) is 0.357. The van der Waals surface area contributed by atoms with Crippen LogP contribution in [0.2, 0.25) is 0 Å². The van der Waals surface area contributed by atoms with E-state index in [-0.39, 0.29) is 0 Å². The molecule has 1 heterocycles. The highest BCUT2D eigenvalue weighted by Gasteiger charge is 2.27. The molecule has 0 radical (unpaired) electrons. The van der Waals surface area contributed by atoms with Crippen LogP contribution in [0.3, 0.4) is 0 Å². The van der Waals surface area contributed by atoms with E-state index in [9.17, 15) is 0 Å². The zero-order valence-corrected chi connectivity index (χ0v) is 10.2. The van der Waals surface area contributed by atoms with Crippen molar-refractivity contribution in [1.29, 1.82) is 0 Å². The van der Waals surface area contributed by atoms with Gasteiger partial charge in [-0.05, 0) is 49.6 Å². The first-order valence-electron chi connectivity index (χ1n) is 5.98. The average Bonchev–Trinajstić information content (AvgIpc) is 3.13. The Bertz CT molecular complexity index is 524. The van der Waals surface area contributed by atoms with Gasteiger partial charge in [-0.2, -0.15) is 5.10 Å². The Balaban J connectivity index is 2.04. The van der Waals surface area contributed by atoms with Gasteiger partial charge in [0.25, 0.3) is 0 Å². The lowest BCUT2D eigenvalue weighted by molar-refractivity contribution is 0.415. The van der Waals surface area contributed by atoms with Crippen molar-refractivity contribution < 1.29 is 4.74 Å². The van der Waals surface area contributed by atoms with Crippen molar-refractivity contribution >= 4 is 0 Å². The van der Waals surface area contributed by atoms with Gasteiger partial charge in [-0.15, -0.1) is 0 Å². The Morgan fingerprint density at radius 2 is 1.94 bits per heavy atom. The number of aryl methyl sites for hydroxylation is 1. The van der Waals surface area contributed by atoms with Crippen LogP contribution in [0.25, 0.3) is 11.3 Å². The maximum atomic E-state index is 5.18. The first kappa shape index (κ1) is 10.4. The first-order chi connectivity index (χ1) is 8.29. The molecule has 0 saturated heterocycles. The van der Waals surface area contributed by atoms with Gasteiger partial charge >= 0.3 is 0 Å². The number of ether oxygens (including phenoxy) is 1. The zero-order valence-electron chi connectivity index (χ0n) is 10.2. The predicted octanol–water partition coefficient (Wildman–Crippen LogP) is 3.20. The third kappa shape index (κ3) is 1.82. The fourth-order valence-electron chi connectivity index (χ4n) is 2.15. The summed E-state index contributed by atoms with van der Waals surface area (Å²) in [4.78, 5) is 0. The Labute approximate surface area is 101 Å². The molecule has 1 aromatic carbocycles. The number of hydrogen-bond donors (Lipinski definition) is 0. The second-order valence-electron chi connectivity index (χ2n) is 4.58. The minimum atomic E-state index is 0.612. The molecule has 0 atom stereocenters. The molecule has 1 fully saturated rings. The highest BCUT2D eigenvalue weighted by molar-refractivity contribution is 5.64. The molecule has 0 aliphatic heterocycles. The van der Waals surface area contributed by atoms with Crippen LogP contribution < -0.4 is 4.74 Å². The number of rotatable bonds is 3. The Hall–Kier alpha value is -1.77. The van der Waals surface area contributed by atoms with Crippen molar-refractivity contribution in [3.63, 3.8) is 0 Å². The minimum Gasteiger partial charge on any atom is -0.497 e. The van der Waals surface area contributed by atoms with Crippen molar-refractivity contribution in [2.24, 2.45) is 0 Å². The molecule has 3 nitrogen and oxygen atoms in total. The molecule has 1 aliphatic carbocycles. The molecular weight excluding hydrogens is 212 g/mol. The molecule has 88 valence electrons. The molecule has 17 heavy (non-hydrogen) atoms. The van der Waals surface area contributed by atoms with Crippen molar-refractivity contribution in [3.05, 3.63) is 36.0 Å². The van der Waals surface area contributed by atoms with Gasteiger partial charge in [0.15, 0.2) is 0 Å². The molecule has 1 aliphatic rings. The lowest BCUT2D eigenvalue weighted by atomic mass is 10.1. The van der Waals surface area contributed by atoms with Crippen molar-refractivity contribution in [2.75, 3.05) is 7.11 Å². The van der Waals surface area contributed by atoms with E-state index in [1.54, 1.807) is 7.11 Å². The molecule has 1 saturated carbocycles. The third-order valence-electron chi connectivity index (χ3n) is 3.23. The van der Waals surface area contributed by atoms with Crippen LogP contribution in [0, 0.1) is 6.92 Å². The van der Waals surface area contributed by atoms with Crippen LogP contribution in [0.15, 0.2) is 30.5 Å². The van der Waals surface area contributed by atoms with E-state index < -0.39 is 0 Å². The summed E-state index contributed by atoms with van der Waals surface area (Å²) < 4.78 is 7.35. The smallest absolute Gasteiger partial charge is 0.118 e. The summed E-state index contributed by atoms with van der Waals surface area (Å²) in [5.41, 5.74) is 3.70. The average molecular weight is 228 g/mol. The molecular formula is C14H16N2O. The van der Waals surface area contributed by atoms with Crippen molar-refractivity contribution in [1.82, 2.24) is 9.78 Å². The highest BCUT2D eigenvalue weighted by atomic mass is 16.5. The quantitative estimate of drug-likeness (QED) is 0.806. The molecule has 0 N–H and O–H groups in total. The normalized spacial score (nSPS) is 14.9. The van der Waals surface area contributed by atoms with Gasteiger partial charge in [0, 0.05) is 5.56 Å². The molecule has 0 unspecified atom stereocenters. The maximum Gasteiger partial charge on any atom is 0.118 e. The van der Waals surface area contributed by atoms with Crippen molar-refractivity contribution in [3.8, 4) is 17.0 Å². The summed E-state index contributed by atoms with van der Waals surface area (Å²) in [6.07, 6.45) is 4.46. The van der Waals surface area contributed by atoms with Gasteiger partial charge < -0.3 is 4.74 Å². The second-order valence-corrected chi connectivity index (χ2v) is 4.58. The lowest BCUT2D eigenvalue weighted by Crippen LogP contribution is -1.99. The molecule has 1 aromatic heterocycles. The minimum absolute atomic E-state index is 0.612. The van der Waals surface area contributed by atoms with Crippen LogP contribution in [0.4, 0.5) is 0 Å². The molecule has 2 aromatic rings. The van der Waals surface area contributed by atoms with Crippen LogP contribution >= 0.6 is 0 Å². The van der Waals surface area contributed by atoms with Gasteiger partial charge in [-0.3, -0.25) is 4.68 Å². The Morgan fingerprint density at radius 3 is 2.53 bits per heavy atom. The summed E-state index contributed by atoms with van der Waals surface area (Å²) >= 11 is 0. The van der Waals surface area contributed by atoms with Gasteiger partial charge in [-0.25, -0.2) is 0 Å². The van der Waals surface area contributed by atoms with Crippen LogP contribution in [0.1, 0.15) is 24.4 Å². The Morgan fingerprint density at radius 1 is 1.24 bits per heavy atom. The van der Waals surface area contributed by atoms with Gasteiger partial charge in [0.1, 0.15) is 5.75 Å². The summed E-state index contributed by atoms with van der Waals surface area (Å²) in [5, 5.41) is 4.48. The summed E-state index contributed by atoms with van der Waals surface area (Å²) in [6, 6.07) is 8.81. The van der Waals surface area contributed by atoms with Gasteiger partial charge in [-0.1, -0.05) is 0 Å². The summed E-state index contributed by atoms with van der Waals surface area (Å²) in [7, 11) is 1.69. The van der Waals surface area contributed by atoms with E-state index in [0.29, 0.717) is 6.04 Å². The monoisotopic (exact) mass is 228 g/mol. The SMILES string of the molecule is COc1ccc(-c2c(C)cnn2C2CC2)cc1. The summed E-state index contributed by atoms with van der Waals surface area (Å²) in [6.45, 7) is 2.12. The topological polar surface area (TPSA) is 27.1 Å². The third-order valence-corrected chi connectivity index (χ3v) is 3.23. The van der Waals surface area contributed by atoms with E-state index in [4.69, 9.17) is 4.74 Å². The van der Waals surface area contributed by atoms with E-state index in [1.165, 1.54) is 29.7 Å². The number of methoxy groups -OCH3 is 1. The fourth-order valence-corrected chi connectivity index (χ4v) is 2.15. The predicted molar refractivity (Wildman–Crippen MR) is 67.2 cm³/mol. The Kier molecular flexibility index (Phi) is 2.39. The molecule has 3 heteroatoms. The van der Waals surface area contributed by atoms with E-state index in [0.717, 1.165) is 5.75 Å². The summed E-state index contributed by atoms with van der Waals surface area (Å²) in [5.74, 6) is 0.892. The maximum absolute atomic E-state index is 5.18. The number of aromatic nitrogens is 2. The second kappa shape index (κ2) is 3.91. The largest absolute Gasteiger partial charge is 0.497 e. The van der Waals surface area contributed by atoms with E-state index in [2.05, 4.69) is 28.8 Å². The van der Waals surface area contributed by atoms with Crippen LogP contribution in [0.5, 0.6) is 5.75 Å². The number of hydrogen-bond acceptors (Lipinski definition) is 2.